The molecule has 0 fully saturated rings. The first kappa shape index (κ1) is 22.6. The van der Waals surface area contributed by atoms with Crippen molar-refractivity contribution >= 4 is 16.0 Å². The predicted molar refractivity (Wildman–Crippen MR) is 110 cm³/mol. The molecule has 0 aliphatic heterocycles. The summed E-state index contributed by atoms with van der Waals surface area (Å²) in [4.78, 5) is 12.0. The van der Waals surface area contributed by atoms with E-state index >= 15 is 0 Å². The lowest BCUT2D eigenvalue weighted by molar-refractivity contribution is 0.0279. The van der Waals surface area contributed by atoms with Gasteiger partial charge in [0, 0.05) is 18.7 Å². The Morgan fingerprint density at radius 3 is 2.45 bits per heavy atom. The second kappa shape index (κ2) is 9.36. The third kappa shape index (κ3) is 4.80. The van der Waals surface area contributed by atoms with Gasteiger partial charge in [-0.05, 0) is 37.3 Å². The Balaban J connectivity index is 1.80. The van der Waals surface area contributed by atoms with Crippen LogP contribution in [0.3, 0.4) is 0 Å². The minimum absolute atomic E-state index is 0.0744. The second-order valence-corrected chi connectivity index (χ2v) is 8.50. The number of carbonyl (C=O) groups excluding carboxylic acids is 1. The van der Waals surface area contributed by atoms with Crippen molar-refractivity contribution in [3.63, 3.8) is 0 Å². The van der Waals surface area contributed by atoms with Crippen molar-refractivity contribution in [1.29, 1.82) is 0 Å². The van der Waals surface area contributed by atoms with Crippen LogP contribution in [0.4, 0.5) is 4.39 Å². The van der Waals surface area contributed by atoms with E-state index < -0.39 is 32.8 Å². The lowest BCUT2D eigenvalue weighted by Gasteiger charge is -2.19. The van der Waals surface area contributed by atoms with Crippen LogP contribution in [0.5, 0.6) is 0 Å². The van der Waals surface area contributed by atoms with E-state index in [4.69, 9.17) is 9.15 Å². The lowest BCUT2D eigenvalue weighted by Crippen LogP contribution is -2.31. The number of nitrogens with zero attached hydrogens (tertiary/aromatic N) is 3. The normalized spacial score (nSPS) is 12.7. The number of rotatable bonds is 8. The van der Waals surface area contributed by atoms with E-state index in [1.165, 1.54) is 6.92 Å². The van der Waals surface area contributed by atoms with Gasteiger partial charge in [0.25, 0.3) is 5.89 Å². The van der Waals surface area contributed by atoms with Crippen molar-refractivity contribution in [2.45, 2.75) is 31.8 Å². The molecule has 1 atom stereocenters. The van der Waals surface area contributed by atoms with Crippen LogP contribution in [0.1, 0.15) is 43.1 Å². The van der Waals surface area contributed by atoms with Gasteiger partial charge in [-0.1, -0.05) is 32.0 Å². The van der Waals surface area contributed by atoms with Gasteiger partial charge in [0.2, 0.25) is 15.9 Å². The average molecular weight is 447 g/mol. The molecule has 31 heavy (non-hydrogen) atoms. The summed E-state index contributed by atoms with van der Waals surface area (Å²) in [6, 6.07) is 12.1. The van der Waals surface area contributed by atoms with Gasteiger partial charge in [-0.3, -0.25) is 0 Å². The van der Waals surface area contributed by atoms with Gasteiger partial charge >= 0.3 is 5.97 Å². The largest absolute Gasteiger partial charge is 0.449 e. The molecule has 0 aliphatic carbocycles. The molecular formula is C21H22FN3O5S. The summed E-state index contributed by atoms with van der Waals surface area (Å²) in [7, 11) is -4.09. The minimum Gasteiger partial charge on any atom is -0.449 e. The first-order valence-corrected chi connectivity index (χ1v) is 11.1. The van der Waals surface area contributed by atoms with Crippen LogP contribution < -0.4 is 0 Å². The van der Waals surface area contributed by atoms with Crippen LogP contribution in [-0.4, -0.2) is 42.0 Å². The number of ether oxygens (including phenoxy) is 1. The Morgan fingerprint density at radius 2 is 1.81 bits per heavy atom. The van der Waals surface area contributed by atoms with Crippen molar-refractivity contribution in [2.24, 2.45) is 0 Å². The summed E-state index contributed by atoms with van der Waals surface area (Å²) in [5, 5.41) is 7.84. The minimum atomic E-state index is -4.09. The van der Waals surface area contributed by atoms with Gasteiger partial charge in [0.05, 0.1) is 5.56 Å². The monoisotopic (exact) mass is 447 g/mol. The number of carbonyl (C=O) groups is 1. The number of benzene rings is 2. The smallest absolute Gasteiger partial charge is 0.338 e. The zero-order valence-corrected chi connectivity index (χ0v) is 18.1. The molecule has 164 valence electrons. The van der Waals surface area contributed by atoms with Gasteiger partial charge in [-0.15, -0.1) is 10.2 Å². The van der Waals surface area contributed by atoms with Crippen molar-refractivity contribution < 1.29 is 26.8 Å². The molecular weight excluding hydrogens is 425 g/mol. The van der Waals surface area contributed by atoms with Crippen LogP contribution >= 0.6 is 0 Å². The van der Waals surface area contributed by atoms with Gasteiger partial charge < -0.3 is 9.15 Å². The zero-order valence-electron chi connectivity index (χ0n) is 17.3. The summed E-state index contributed by atoms with van der Waals surface area (Å²) >= 11 is 0. The van der Waals surface area contributed by atoms with Crippen LogP contribution in [0.25, 0.3) is 11.5 Å². The third-order valence-corrected chi connectivity index (χ3v) is 6.65. The van der Waals surface area contributed by atoms with Crippen molar-refractivity contribution in [2.75, 3.05) is 13.1 Å². The quantitative estimate of drug-likeness (QED) is 0.484. The molecule has 1 heterocycles. The van der Waals surface area contributed by atoms with Gasteiger partial charge in [-0.25, -0.2) is 17.6 Å². The fraction of sp³-hybridized carbons (Fsp3) is 0.286. The molecule has 3 aromatic rings. The highest BCUT2D eigenvalue weighted by Gasteiger charge is 2.27. The number of hydrogen-bond acceptors (Lipinski definition) is 7. The molecule has 3 rings (SSSR count). The Morgan fingerprint density at radius 1 is 1.13 bits per heavy atom. The molecule has 0 amide bonds. The van der Waals surface area contributed by atoms with Gasteiger partial charge in [0.1, 0.15) is 10.7 Å². The molecule has 0 aliphatic rings. The predicted octanol–water partition coefficient (Wildman–Crippen LogP) is 3.82. The Labute approximate surface area is 179 Å². The molecule has 2 aromatic carbocycles. The van der Waals surface area contributed by atoms with Crippen LogP contribution in [-0.2, 0) is 14.8 Å². The van der Waals surface area contributed by atoms with E-state index in [9.17, 15) is 17.6 Å². The number of halogens is 1. The van der Waals surface area contributed by atoms with Gasteiger partial charge in [0.15, 0.2) is 6.10 Å². The van der Waals surface area contributed by atoms with E-state index in [1.807, 2.05) is 18.2 Å². The van der Waals surface area contributed by atoms with E-state index in [0.717, 1.165) is 22.5 Å². The zero-order chi connectivity index (χ0) is 22.6. The standard InChI is InChI=1S/C21H22FN3O5S/c1-4-25(5-2)31(27,28)18-13-16(11-12-17(18)22)21(26)29-14(3)19-23-24-20(30-19)15-9-7-6-8-10-15/h6-14H,4-5H2,1-3H3/t14-/m1/s1. The van der Waals surface area contributed by atoms with Crippen molar-refractivity contribution in [1.82, 2.24) is 14.5 Å². The van der Waals surface area contributed by atoms with Crippen LogP contribution in [0, 0.1) is 5.82 Å². The molecule has 1 aromatic heterocycles. The number of sulfonamides is 1. The van der Waals surface area contributed by atoms with Crippen LogP contribution in [0.2, 0.25) is 0 Å². The summed E-state index contributed by atoms with van der Waals surface area (Å²) in [5.74, 6) is -1.44. The molecule has 0 bridgehead atoms. The number of hydrogen-bond donors (Lipinski definition) is 0. The van der Waals surface area contributed by atoms with Crippen molar-refractivity contribution in [3.8, 4) is 11.5 Å². The topological polar surface area (TPSA) is 103 Å². The second-order valence-electron chi connectivity index (χ2n) is 6.59. The fourth-order valence-electron chi connectivity index (χ4n) is 2.91. The summed E-state index contributed by atoms with van der Waals surface area (Å²) in [6.45, 7) is 5.17. The maximum absolute atomic E-state index is 14.3. The third-order valence-electron chi connectivity index (χ3n) is 4.58. The summed E-state index contributed by atoms with van der Waals surface area (Å²) in [6.07, 6.45) is -0.898. The van der Waals surface area contributed by atoms with E-state index in [2.05, 4.69) is 10.2 Å². The Kier molecular flexibility index (Phi) is 6.81. The summed E-state index contributed by atoms with van der Waals surface area (Å²) in [5.41, 5.74) is 0.603. The molecule has 0 radical (unpaired) electrons. The Hall–Kier alpha value is -3.11. The highest BCUT2D eigenvalue weighted by atomic mass is 32.2. The molecule has 0 spiro atoms. The maximum Gasteiger partial charge on any atom is 0.338 e. The first-order valence-electron chi connectivity index (χ1n) is 9.67. The SMILES string of the molecule is CCN(CC)S(=O)(=O)c1cc(C(=O)O[C@H](C)c2nnc(-c3ccccc3)o2)ccc1F. The van der Waals surface area contributed by atoms with Gasteiger partial charge in [-0.2, -0.15) is 4.31 Å². The fourth-order valence-corrected chi connectivity index (χ4v) is 4.45. The van der Waals surface area contributed by atoms with E-state index in [1.54, 1.807) is 26.0 Å². The van der Waals surface area contributed by atoms with E-state index in [0.29, 0.717) is 5.56 Å². The highest BCUT2D eigenvalue weighted by molar-refractivity contribution is 7.89. The number of esters is 1. The molecule has 0 saturated carbocycles. The lowest BCUT2D eigenvalue weighted by atomic mass is 10.2. The number of aromatic nitrogens is 2. The maximum atomic E-state index is 14.3. The van der Waals surface area contributed by atoms with Crippen LogP contribution in [0.15, 0.2) is 57.8 Å². The average Bonchev–Trinajstić information content (AvgIpc) is 3.25. The molecule has 0 saturated heterocycles. The first-order chi connectivity index (χ1) is 14.8. The highest BCUT2D eigenvalue weighted by Crippen LogP contribution is 2.25. The summed E-state index contributed by atoms with van der Waals surface area (Å²) < 4.78 is 51.6. The molecule has 8 nitrogen and oxygen atoms in total. The Bertz CT molecular complexity index is 1160. The molecule has 0 unspecified atom stereocenters. The molecule has 0 N–H and O–H groups in total. The molecule has 10 heteroatoms. The van der Waals surface area contributed by atoms with E-state index in [-0.39, 0.29) is 30.4 Å². The van der Waals surface area contributed by atoms with Crippen molar-refractivity contribution in [3.05, 3.63) is 65.8 Å².